The molecule has 0 radical (unpaired) electrons. The van der Waals surface area contributed by atoms with Crippen LogP contribution in [0.5, 0.6) is 5.75 Å². The molecule has 3 heterocycles. The van der Waals surface area contributed by atoms with Gasteiger partial charge in [0.1, 0.15) is 12.4 Å². The van der Waals surface area contributed by atoms with E-state index in [0.29, 0.717) is 12.3 Å². The van der Waals surface area contributed by atoms with E-state index < -0.39 is 0 Å². The lowest BCUT2D eigenvalue weighted by Crippen LogP contribution is -2.42. The average molecular weight is 674 g/mol. The van der Waals surface area contributed by atoms with Gasteiger partial charge in [0.05, 0.1) is 22.5 Å². The highest BCUT2D eigenvalue weighted by atomic mass is 79.9. The number of hydrogen-bond donors (Lipinski definition) is 1. The van der Waals surface area contributed by atoms with Crippen LogP contribution in [0.2, 0.25) is 0 Å². The first-order chi connectivity index (χ1) is 20.8. The Morgan fingerprint density at radius 1 is 0.907 bits per heavy atom. The third kappa shape index (κ3) is 4.30. The zero-order valence-corrected chi connectivity index (χ0v) is 26.8. The molecule has 3 aromatic carbocycles. The van der Waals surface area contributed by atoms with E-state index in [1.807, 2.05) is 43.3 Å². The van der Waals surface area contributed by atoms with Crippen LogP contribution in [0.25, 0.3) is 0 Å². The number of aromatic amines is 1. The van der Waals surface area contributed by atoms with Crippen molar-refractivity contribution in [2.75, 3.05) is 4.90 Å². The maximum absolute atomic E-state index is 14.1. The summed E-state index contributed by atoms with van der Waals surface area (Å²) in [6, 6.07) is 22.1. The monoisotopic (exact) mass is 672 g/mol. The number of halogens is 1. The van der Waals surface area contributed by atoms with Gasteiger partial charge in [0.15, 0.2) is 0 Å². The summed E-state index contributed by atoms with van der Waals surface area (Å²) < 4.78 is 7.42. The van der Waals surface area contributed by atoms with Gasteiger partial charge >= 0.3 is 4.87 Å². The molecule has 0 spiro atoms. The van der Waals surface area contributed by atoms with Gasteiger partial charge in [-0.05, 0) is 73.9 Å². The number of thiazole rings is 1. The number of thioether (sulfide) groups is 1. The topological polar surface area (TPSA) is 79.5 Å². The molecular weight excluding hydrogens is 644 g/mol. The predicted octanol–water partition coefficient (Wildman–Crippen LogP) is 7.07. The van der Waals surface area contributed by atoms with E-state index in [-0.39, 0.29) is 57.4 Å². The molecule has 1 N–H and O–H groups in total. The van der Waals surface area contributed by atoms with E-state index in [9.17, 15) is 14.4 Å². The Balaban J connectivity index is 1.20. The van der Waals surface area contributed by atoms with Crippen LogP contribution in [-0.4, -0.2) is 22.0 Å². The lowest BCUT2D eigenvalue weighted by molar-refractivity contribution is -0.123. The Kier molecular flexibility index (Phi) is 6.51. The number of amides is 2. The number of ether oxygens (including phenoxy) is 1. The minimum atomic E-state index is -0.343. The highest BCUT2D eigenvalue weighted by Gasteiger charge is 2.69. The maximum Gasteiger partial charge on any atom is 0.305 e. The molecule has 2 saturated carbocycles. The zero-order valence-electron chi connectivity index (χ0n) is 23.6. The van der Waals surface area contributed by atoms with Gasteiger partial charge in [-0.1, -0.05) is 74.8 Å². The number of carbonyl (C=O) groups is 2. The van der Waals surface area contributed by atoms with Crippen molar-refractivity contribution in [2.45, 2.75) is 43.1 Å². The number of fused-ring (bicyclic) bond motifs is 9. The van der Waals surface area contributed by atoms with Crippen molar-refractivity contribution >= 4 is 56.5 Å². The summed E-state index contributed by atoms with van der Waals surface area (Å²) in [5.41, 5.74) is 5.04. The number of hydrogen-bond acceptors (Lipinski definition) is 6. The first-order valence-corrected chi connectivity index (χ1v) is 17.1. The summed E-state index contributed by atoms with van der Waals surface area (Å²) in [7, 11) is 0. The van der Waals surface area contributed by atoms with Crippen molar-refractivity contribution in [1.82, 2.24) is 4.98 Å². The molecule has 1 saturated heterocycles. The molecule has 4 aromatic rings. The van der Waals surface area contributed by atoms with Crippen molar-refractivity contribution in [3.8, 4) is 5.75 Å². The number of aryl methyl sites for hydroxylation is 2. The summed E-state index contributed by atoms with van der Waals surface area (Å²) >= 11 is 6.66. The largest absolute Gasteiger partial charge is 0.489 e. The molecule has 9 heteroatoms. The molecule has 2 aliphatic heterocycles. The van der Waals surface area contributed by atoms with E-state index in [4.69, 9.17) is 4.74 Å². The first kappa shape index (κ1) is 27.4. The summed E-state index contributed by atoms with van der Waals surface area (Å²) in [5, 5.41) is 1.01. The van der Waals surface area contributed by atoms with Crippen molar-refractivity contribution in [2.24, 2.45) is 29.6 Å². The van der Waals surface area contributed by atoms with Gasteiger partial charge in [-0.3, -0.25) is 19.3 Å². The number of carbonyl (C=O) groups excluding carboxylic acids is 2. The first-order valence-electron chi connectivity index (χ1n) is 14.6. The van der Waals surface area contributed by atoms with E-state index >= 15 is 0 Å². The molecule has 2 amide bonds. The zero-order chi connectivity index (χ0) is 29.6. The molecule has 2 aliphatic carbocycles. The summed E-state index contributed by atoms with van der Waals surface area (Å²) in [4.78, 5) is 46.2. The van der Waals surface area contributed by atoms with Crippen molar-refractivity contribution in [1.29, 1.82) is 0 Å². The van der Waals surface area contributed by atoms with Crippen LogP contribution >= 0.6 is 39.0 Å². The second-order valence-corrected chi connectivity index (χ2v) is 15.4. The second-order valence-electron chi connectivity index (χ2n) is 12.3. The van der Waals surface area contributed by atoms with Crippen LogP contribution < -0.4 is 14.5 Å². The molecule has 43 heavy (non-hydrogen) atoms. The van der Waals surface area contributed by atoms with Crippen molar-refractivity contribution < 1.29 is 14.3 Å². The molecule has 1 aromatic heterocycles. The van der Waals surface area contributed by atoms with Gasteiger partial charge < -0.3 is 9.72 Å². The fourth-order valence-corrected chi connectivity index (χ4v) is 11.3. The van der Waals surface area contributed by atoms with Crippen LogP contribution in [0.4, 0.5) is 5.69 Å². The number of benzene rings is 3. The number of rotatable bonds is 5. The van der Waals surface area contributed by atoms with Crippen LogP contribution in [0.3, 0.4) is 0 Å². The minimum absolute atomic E-state index is 0.0404. The molecule has 8 rings (SSSR count). The predicted molar refractivity (Wildman–Crippen MR) is 172 cm³/mol. The lowest BCUT2D eigenvalue weighted by Gasteiger charge is -2.43. The molecule has 2 bridgehead atoms. The van der Waals surface area contributed by atoms with Gasteiger partial charge in [-0.15, -0.1) is 11.8 Å². The van der Waals surface area contributed by atoms with E-state index in [1.54, 1.807) is 11.8 Å². The summed E-state index contributed by atoms with van der Waals surface area (Å²) in [6.45, 7) is 4.49. The lowest BCUT2D eigenvalue weighted by atomic mass is 9.68. The third-order valence-electron chi connectivity index (χ3n) is 9.84. The highest BCUT2D eigenvalue weighted by molar-refractivity contribution is 9.10. The fraction of sp³-hybridized carbons (Fsp3) is 0.324. The normalized spacial score (nSPS) is 28.6. The fourth-order valence-electron chi connectivity index (χ4n) is 8.05. The number of H-pyrrole nitrogens is 1. The Hall–Kier alpha value is -3.14. The third-order valence-corrected chi connectivity index (χ3v) is 12.9. The van der Waals surface area contributed by atoms with Crippen molar-refractivity contribution in [3.05, 3.63) is 108 Å². The molecule has 218 valence electrons. The summed E-state index contributed by atoms with van der Waals surface area (Å²) in [5.74, 6) is 0.0513. The van der Waals surface area contributed by atoms with Gasteiger partial charge in [0, 0.05) is 26.1 Å². The van der Waals surface area contributed by atoms with Gasteiger partial charge in [0.2, 0.25) is 11.8 Å². The quantitative estimate of drug-likeness (QED) is 0.229. The number of aromatic nitrogens is 1. The Morgan fingerprint density at radius 2 is 1.58 bits per heavy atom. The Morgan fingerprint density at radius 3 is 2.30 bits per heavy atom. The maximum atomic E-state index is 14.1. The van der Waals surface area contributed by atoms with Crippen LogP contribution in [0.1, 0.15) is 39.5 Å². The second kappa shape index (κ2) is 10.2. The van der Waals surface area contributed by atoms with Gasteiger partial charge in [-0.2, -0.15) is 0 Å². The smallest absolute Gasteiger partial charge is 0.305 e. The van der Waals surface area contributed by atoms with E-state index in [1.165, 1.54) is 21.8 Å². The van der Waals surface area contributed by atoms with Crippen LogP contribution in [-0.2, 0) is 16.2 Å². The van der Waals surface area contributed by atoms with Gasteiger partial charge in [0.25, 0.3) is 0 Å². The molecule has 7 atom stereocenters. The molecule has 3 fully saturated rings. The molecule has 4 aliphatic rings. The molecular formula is C34H29BrN2O4S2. The number of imide groups is 1. The summed E-state index contributed by atoms with van der Waals surface area (Å²) in [6.07, 6.45) is 0.847. The Labute approximate surface area is 266 Å². The molecule has 0 unspecified atom stereocenters. The molecule has 6 nitrogen and oxygen atoms in total. The standard InChI is InChI=1S/C34H29BrN2O4S2/c1-16-3-7-18(8-4-16)15-41-24-12-9-19(35)13-21(24)25-26-22-14-23(29(26)42-31-30(25)43-34(40)36-31)28-27(22)32(38)37(33(28)39)20-10-5-17(2)6-11-20/h3-13,22-23,25-29H,14-15H2,1-2H3,(H,36,40)/t22-,23-,25+,26+,27+,28+,29-/m1/s1. The van der Waals surface area contributed by atoms with Crippen LogP contribution in [0.15, 0.2) is 81.0 Å². The highest BCUT2D eigenvalue weighted by Crippen LogP contribution is 2.69. The number of nitrogens with one attached hydrogen (secondary N) is 1. The average Bonchev–Trinajstić information content (AvgIpc) is 3.73. The minimum Gasteiger partial charge on any atom is -0.489 e. The number of anilines is 1. The van der Waals surface area contributed by atoms with Crippen LogP contribution in [0, 0.1) is 43.4 Å². The van der Waals surface area contributed by atoms with Crippen molar-refractivity contribution in [3.63, 3.8) is 0 Å². The Bertz CT molecular complexity index is 1830. The SMILES string of the molecule is Cc1ccc(COc2ccc(Br)cc2[C@@H]2c3sc(=O)[nH]c3S[C@@H]3[C@@H]4C[C@@H]([C@@H]5C(=O)N(c6ccc(C)cc6)C(=O)[C@@H]45)[C@@H]23)cc1. The van der Waals surface area contributed by atoms with Gasteiger partial charge in [-0.25, -0.2) is 0 Å². The van der Waals surface area contributed by atoms with E-state index in [2.05, 4.69) is 58.2 Å². The number of nitrogens with zero attached hydrogens (tertiary/aromatic N) is 1. The van der Waals surface area contributed by atoms with E-state index in [0.717, 1.165) is 43.2 Å².